The summed E-state index contributed by atoms with van der Waals surface area (Å²) < 4.78 is 56.7. The average molecular weight is 831 g/mol. The third kappa shape index (κ3) is 8.80. The summed E-state index contributed by atoms with van der Waals surface area (Å²) in [6.45, 7) is 5.16. The van der Waals surface area contributed by atoms with Crippen molar-refractivity contribution in [2.75, 3.05) is 70.8 Å². The number of H-pyrrole nitrogens is 2. The number of carbonyl (C=O) groups is 4. The number of nitrogens with zero attached hydrogens (tertiary/aromatic N) is 5. The number of benzene rings is 2. The van der Waals surface area contributed by atoms with Gasteiger partial charge >= 0.3 is 12.1 Å². The number of aromatic hydroxyl groups is 1. The number of quaternary nitrogens is 1. The van der Waals surface area contributed by atoms with E-state index in [-0.39, 0.29) is 76.4 Å². The number of alkyl halides is 3. The lowest BCUT2D eigenvalue weighted by Gasteiger charge is -2.46. The van der Waals surface area contributed by atoms with Gasteiger partial charge in [-0.1, -0.05) is 11.6 Å². The van der Waals surface area contributed by atoms with Gasteiger partial charge in [-0.25, -0.2) is 14.2 Å². The number of hydrogen-bond acceptors (Lipinski definition) is 8. The molecule has 0 saturated carbocycles. The fraction of sp³-hybridized carbons (Fsp3) is 0.421. The Morgan fingerprint density at radius 3 is 2.33 bits per heavy atom. The molecule has 2 aromatic heterocycles. The van der Waals surface area contributed by atoms with Gasteiger partial charge in [0.15, 0.2) is 12.4 Å². The van der Waals surface area contributed by atoms with E-state index in [2.05, 4.69) is 25.7 Å². The van der Waals surface area contributed by atoms with Crippen LogP contribution < -0.4 is 10.6 Å². The van der Waals surface area contributed by atoms with Gasteiger partial charge in [0.25, 0.3) is 11.8 Å². The Labute approximate surface area is 333 Å². The number of imidazole rings is 1. The van der Waals surface area contributed by atoms with Gasteiger partial charge in [0.05, 0.1) is 35.9 Å². The Hall–Kier alpha value is -5.53. The molecule has 3 fully saturated rings. The summed E-state index contributed by atoms with van der Waals surface area (Å²) in [6, 6.07) is 7.27. The van der Waals surface area contributed by atoms with E-state index in [1.807, 2.05) is 5.10 Å². The van der Waals surface area contributed by atoms with Gasteiger partial charge in [0, 0.05) is 105 Å². The lowest BCUT2D eigenvalue weighted by atomic mass is 9.90. The highest BCUT2D eigenvalue weighted by Gasteiger charge is 2.42. The molecule has 7 rings (SSSR count). The zero-order valence-corrected chi connectivity index (χ0v) is 31.8. The zero-order valence-electron chi connectivity index (χ0n) is 31.0. The van der Waals surface area contributed by atoms with E-state index in [4.69, 9.17) is 11.6 Å². The fourth-order valence-corrected chi connectivity index (χ4v) is 8.30. The second-order valence-electron chi connectivity index (χ2n) is 15.1. The molecule has 0 aliphatic carbocycles. The van der Waals surface area contributed by atoms with Crippen LogP contribution in [-0.4, -0.2) is 134 Å². The summed E-state index contributed by atoms with van der Waals surface area (Å²) >= 11 is 6.50. The monoisotopic (exact) mass is 830 g/mol. The van der Waals surface area contributed by atoms with Crippen LogP contribution in [0.1, 0.15) is 50.8 Å². The minimum Gasteiger partial charge on any atom is -0.508 e. The number of carboxylic acids is 1. The van der Waals surface area contributed by atoms with Crippen molar-refractivity contribution in [3.05, 3.63) is 81.8 Å². The van der Waals surface area contributed by atoms with E-state index < -0.39 is 47.3 Å². The first-order valence-corrected chi connectivity index (χ1v) is 19.1. The molecule has 20 heteroatoms. The number of amides is 3. The number of halogens is 5. The first-order valence-electron chi connectivity index (χ1n) is 18.7. The molecule has 308 valence electrons. The number of carboxylic acid groups (broad SMARTS) is 1. The molecule has 0 spiro atoms. The van der Waals surface area contributed by atoms with Crippen molar-refractivity contribution in [1.82, 2.24) is 35.3 Å². The number of aromatic nitrogens is 4. The number of aromatic amines is 2. The quantitative estimate of drug-likeness (QED) is 0.0958. The van der Waals surface area contributed by atoms with E-state index >= 15 is 0 Å². The van der Waals surface area contributed by atoms with Crippen molar-refractivity contribution < 1.29 is 51.4 Å². The summed E-state index contributed by atoms with van der Waals surface area (Å²) in [4.78, 5) is 61.7. The van der Waals surface area contributed by atoms with E-state index in [1.54, 1.807) is 9.80 Å². The summed E-state index contributed by atoms with van der Waals surface area (Å²) in [5.41, 5.74) is -1.75. The molecule has 0 atom stereocenters. The third-order valence-corrected chi connectivity index (χ3v) is 11.5. The summed E-state index contributed by atoms with van der Waals surface area (Å²) in [6.07, 6.45) is -2.93. The largest absolute Gasteiger partial charge is 0.508 e. The van der Waals surface area contributed by atoms with Gasteiger partial charge < -0.3 is 40.1 Å². The van der Waals surface area contributed by atoms with Crippen molar-refractivity contribution in [3.63, 3.8) is 0 Å². The van der Waals surface area contributed by atoms with Gasteiger partial charge in [-0.15, -0.1) is 0 Å². The van der Waals surface area contributed by atoms with Gasteiger partial charge in [0.2, 0.25) is 5.91 Å². The number of hydrogen-bond donors (Lipinski definition) is 6. The molecule has 3 aliphatic rings. The zero-order chi connectivity index (χ0) is 41.4. The number of piperidine rings is 1. The third-order valence-electron chi connectivity index (χ3n) is 11.1. The van der Waals surface area contributed by atoms with E-state index in [0.717, 1.165) is 44.0 Å². The highest BCUT2D eigenvalue weighted by molar-refractivity contribution is 6.34. The van der Waals surface area contributed by atoms with Crippen LogP contribution in [0.3, 0.4) is 0 Å². The molecule has 0 unspecified atom stereocenters. The van der Waals surface area contributed by atoms with Crippen LogP contribution in [0.5, 0.6) is 5.75 Å². The molecule has 5 heterocycles. The molecule has 6 N–H and O–H groups in total. The van der Waals surface area contributed by atoms with Crippen molar-refractivity contribution in [2.24, 2.45) is 11.8 Å². The maximum absolute atomic E-state index is 14.6. The minimum absolute atomic E-state index is 0.0223. The van der Waals surface area contributed by atoms with Gasteiger partial charge in [-0.3, -0.25) is 19.5 Å². The van der Waals surface area contributed by atoms with Crippen LogP contribution in [-0.2, 0) is 22.2 Å². The Bertz CT molecular complexity index is 2210. The second-order valence-corrected chi connectivity index (χ2v) is 15.5. The van der Waals surface area contributed by atoms with Gasteiger partial charge in [-0.05, 0) is 30.3 Å². The van der Waals surface area contributed by atoms with Crippen molar-refractivity contribution >= 4 is 41.0 Å². The number of likely N-dealkylation sites (tertiary alicyclic amines) is 1. The number of phenolic OH excluding ortho intramolecular Hbond substituents is 1. The average Bonchev–Trinajstić information content (AvgIpc) is 3.81. The lowest BCUT2D eigenvalue weighted by molar-refractivity contribution is -0.929. The summed E-state index contributed by atoms with van der Waals surface area (Å²) in [5, 5.41) is 30.6. The molecule has 3 amide bonds. The number of nitrogens with one attached hydrogen (secondary N) is 4. The maximum atomic E-state index is 14.6. The minimum atomic E-state index is -4.86. The molecule has 0 bridgehead atoms. The van der Waals surface area contributed by atoms with Crippen LogP contribution in [0.4, 0.5) is 23.2 Å². The molecule has 3 aliphatic heterocycles. The number of rotatable bonds is 11. The number of anilines is 1. The molecule has 58 heavy (non-hydrogen) atoms. The topological polar surface area (TPSA) is 197 Å². The highest BCUT2D eigenvalue weighted by atomic mass is 35.5. The summed E-state index contributed by atoms with van der Waals surface area (Å²) in [7, 11) is 0. The molecular formula is C38H41ClF4N9O6+. The van der Waals surface area contributed by atoms with Gasteiger partial charge in [0.1, 0.15) is 17.3 Å². The summed E-state index contributed by atoms with van der Waals surface area (Å²) in [5.74, 6) is -3.31. The molecule has 15 nitrogen and oxygen atoms in total. The first-order chi connectivity index (χ1) is 27.6. The SMILES string of the molecule is O=C(O)C[N+]1(CC2CNC2)CCC(C(=O)N2CCN(C(=O)c3ccc(NC(=O)c4ncc(Cc5c(-c6ccc(O)cc6F)n[nH]c5C(F)(F)F)[nH]4)cc3Cl)CC2)CC1. The Kier molecular flexibility index (Phi) is 11.5. The molecule has 0 radical (unpaired) electrons. The van der Waals surface area contributed by atoms with Crippen molar-refractivity contribution in [1.29, 1.82) is 0 Å². The van der Waals surface area contributed by atoms with Crippen LogP contribution in [0.2, 0.25) is 5.02 Å². The number of aliphatic carboxylic acids is 1. The Balaban J connectivity index is 0.933. The second kappa shape index (κ2) is 16.4. The number of phenols is 1. The van der Waals surface area contributed by atoms with Gasteiger partial charge in [-0.2, -0.15) is 18.3 Å². The van der Waals surface area contributed by atoms with Crippen LogP contribution >= 0.6 is 11.6 Å². The van der Waals surface area contributed by atoms with E-state index in [1.165, 1.54) is 18.2 Å². The van der Waals surface area contributed by atoms with Crippen LogP contribution in [0.25, 0.3) is 11.3 Å². The Morgan fingerprint density at radius 1 is 1.00 bits per heavy atom. The molecular weight excluding hydrogens is 790 g/mol. The molecule has 4 aromatic rings. The molecule has 2 aromatic carbocycles. The standard InChI is InChI=1S/C38H40ClF4N9O6/c39-29-14-23(47-35(56)34-45-18-24(46-34)13-28-32(48-49-33(28)38(41,42)43)27-4-2-25(53)15-30(27)40)1-3-26(29)37(58)51-9-7-50(8-10-51)36(57)22-5-11-52(12-6-22,20-31(54)55)19-21-16-44-17-21/h1-4,14-15,18,21-22,44H,5-13,16-17,19-20H2,(H4-,45,46,47,48,49,53,54,55,56,58)/p+1. The lowest BCUT2D eigenvalue weighted by Crippen LogP contribution is -2.62. The fourth-order valence-electron chi connectivity index (χ4n) is 8.04. The molecule has 3 saturated heterocycles. The van der Waals surface area contributed by atoms with E-state index in [9.17, 15) is 47.0 Å². The van der Waals surface area contributed by atoms with E-state index in [0.29, 0.717) is 49.4 Å². The number of piperazine rings is 1. The predicted molar refractivity (Wildman–Crippen MR) is 200 cm³/mol. The van der Waals surface area contributed by atoms with Crippen molar-refractivity contribution in [3.8, 4) is 17.0 Å². The van der Waals surface area contributed by atoms with Crippen LogP contribution in [0.15, 0.2) is 42.6 Å². The normalized spacial score (nSPS) is 20.1. The highest BCUT2D eigenvalue weighted by Crippen LogP contribution is 2.37. The maximum Gasteiger partial charge on any atom is 0.433 e. The predicted octanol–water partition coefficient (Wildman–Crippen LogP) is 3.98. The van der Waals surface area contributed by atoms with Crippen molar-refractivity contribution in [2.45, 2.75) is 25.4 Å². The smallest absolute Gasteiger partial charge is 0.433 e. The van der Waals surface area contributed by atoms with Crippen LogP contribution in [0, 0.1) is 17.7 Å². The Morgan fingerprint density at radius 2 is 1.71 bits per heavy atom. The first kappa shape index (κ1) is 40.7. The number of carbonyl (C=O) groups excluding carboxylic acids is 3.